The van der Waals surface area contributed by atoms with E-state index in [2.05, 4.69) is 219 Å². The van der Waals surface area contributed by atoms with Crippen molar-refractivity contribution in [2.75, 3.05) is 0 Å². The average molecular weight is 805 g/mol. The fourth-order valence-corrected chi connectivity index (χ4v) is 9.75. The van der Waals surface area contributed by atoms with Crippen molar-refractivity contribution >= 4 is 65.5 Å². The van der Waals surface area contributed by atoms with Crippen LogP contribution in [0.25, 0.3) is 116 Å². The second kappa shape index (κ2) is 14.0. The molecule has 0 saturated heterocycles. The Morgan fingerprint density at radius 2 is 0.778 bits per heavy atom. The number of hydrogen-bond acceptors (Lipinski definition) is 3. The lowest BCUT2D eigenvalue weighted by atomic mass is 10.0. The largest absolute Gasteiger partial charge is 0.309 e. The van der Waals surface area contributed by atoms with Crippen molar-refractivity contribution in [1.82, 2.24) is 28.7 Å². The molecule has 5 heterocycles. The molecule has 0 aliphatic rings. The second-order valence-corrected chi connectivity index (χ2v) is 16.1. The molecule has 6 nitrogen and oxygen atoms in total. The maximum absolute atomic E-state index is 5.18. The van der Waals surface area contributed by atoms with E-state index in [-0.39, 0.29) is 0 Å². The summed E-state index contributed by atoms with van der Waals surface area (Å²) in [5.74, 6) is 0. The predicted octanol–water partition coefficient (Wildman–Crippen LogP) is 14.2. The smallest absolute Gasteiger partial charge is 0.116 e. The van der Waals surface area contributed by atoms with Crippen LogP contribution in [-0.2, 0) is 0 Å². The fraction of sp³-hybridized carbons (Fsp3) is 0. The van der Waals surface area contributed by atoms with Crippen LogP contribution in [0.5, 0.6) is 0 Å². The Balaban J connectivity index is 0.966. The van der Waals surface area contributed by atoms with Gasteiger partial charge in [-0.15, -0.1) is 0 Å². The number of benzene rings is 8. The van der Waals surface area contributed by atoms with Crippen LogP contribution in [0.4, 0.5) is 0 Å². The van der Waals surface area contributed by atoms with E-state index in [1.165, 1.54) is 32.7 Å². The Morgan fingerprint density at radius 3 is 1.38 bits per heavy atom. The maximum Gasteiger partial charge on any atom is 0.116 e. The molecule has 0 N–H and O–H groups in total. The number of rotatable bonds is 6. The van der Waals surface area contributed by atoms with Gasteiger partial charge in [0.25, 0.3) is 0 Å². The lowest BCUT2D eigenvalue weighted by Gasteiger charge is -2.13. The summed E-state index contributed by atoms with van der Waals surface area (Å²) < 4.78 is 7.04. The van der Waals surface area contributed by atoms with Gasteiger partial charge in [-0.2, -0.15) is 0 Å². The van der Waals surface area contributed by atoms with Gasteiger partial charge in [-0.25, -0.2) is 15.0 Å². The van der Waals surface area contributed by atoms with Crippen molar-refractivity contribution in [3.8, 4) is 50.7 Å². The van der Waals surface area contributed by atoms with Crippen LogP contribution < -0.4 is 0 Å². The summed E-state index contributed by atoms with van der Waals surface area (Å²) in [6, 6.07) is 73.8. The highest BCUT2D eigenvalue weighted by molar-refractivity contribution is 6.13. The maximum atomic E-state index is 5.18. The molecule has 0 atom stereocenters. The van der Waals surface area contributed by atoms with Crippen molar-refractivity contribution in [3.63, 3.8) is 0 Å². The van der Waals surface area contributed by atoms with E-state index in [0.29, 0.717) is 0 Å². The summed E-state index contributed by atoms with van der Waals surface area (Å²) in [6.07, 6.45) is 3.55. The molecular formula is C57H36N6. The van der Waals surface area contributed by atoms with Crippen LogP contribution in [-0.4, -0.2) is 28.7 Å². The van der Waals surface area contributed by atoms with Crippen LogP contribution in [0.2, 0.25) is 0 Å². The zero-order chi connectivity index (χ0) is 41.4. The molecule has 63 heavy (non-hydrogen) atoms. The number of aromatic nitrogens is 6. The Morgan fingerprint density at radius 1 is 0.302 bits per heavy atom. The molecule has 0 unspecified atom stereocenters. The van der Waals surface area contributed by atoms with Crippen molar-refractivity contribution in [3.05, 3.63) is 219 Å². The van der Waals surface area contributed by atoms with Crippen molar-refractivity contribution < 1.29 is 0 Å². The summed E-state index contributed by atoms with van der Waals surface area (Å²) in [4.78, 5) is 14.4. The first-order valence-corrected chi connectivity index (χ1v) is 21.3. The predicted molar refractivity (Wildman–Crippen MR) is 259 cm³/mol. The van der Waals surface area contributed by atoms with E-state index in [0.717, 1.165) is 83.6 Å². The van der Waals surface area contributed by atoms with Gasteiger partial charge >= 0.3 is 0 Å². The third kappa shape index (κ3) is 5.55. The number of hydrogen-bond donors (Lipinski definition) is 0. The van der Waals surface area contributed by atoms with E-state index in [9.17, 15) is 0 Å². The van der Waals surface area contributed by atoms with Gasteiger partial charge in [0.15, 0.2) is 0 Å². The Hall–Kier alpha value is -8.61. The fourth-order valence-electron chi connectivity index (χ4n) is 9.75. The third-order valence-electron chi connectivity index (χ3n) is 12.6. The van der Waals surface area contributed by atoms with Crippen LogP contribution >= 0.6 is 0 Å². The zero-order valence-corrected chi connectivity index (χ0v) is 34.0. The van der Waals surface area contributed by atoms with E-state index in [1.807, 2.05) is 12.3 Å². The number of para-hydroxylation sites is 3. The lowest BCUT2D eigenvalue weighted by molar-refractivity contribution is 1.14. The molecule has 13 aromatic rings. The molecule has 13 rings (SSSR count). The van der Waals surface area contributed by atoms with Gasteiger partial charge in [-0.05, 0) is 90.0 Å². The minimum absolute atomic E-state index is 0.933. The first-order valence-electron chi connectivity index (χ1n) is 21.3. The molecule has 0 saturated carbocycles. The van der Waals surface area contributed by atoms with Crippen LogP contribution in [0.1, 0.15) is 0 Å². The Kier molecular flexibility index (Phi) is 7.80. The number of pyridine rings is 1. The van der Waals surface area contributed by atoms with E-state index < -0.39 is 0 Å². The summed E-state index contributed by atoms with van der Waals surface area (Å²) in [5, 5.41) is 5.92. The Bertz CT molecular complexity index is 3840. The van der Waals surface area contributed by atoms with Gasteiger partial charge in [0.2, 0.25) is 0 Å². The van der Waals surface area contributed by atoms with Gasteiger partial charge in [-0.3, -0.25) is 0 Å². The number of nitrogens with zero attached hydrogens (tertiary/aromatic N) is 6. The molecule has 6 heteroatoms. The molecule has 8 aromatic carbocycles. The molecule has 0 bridgehead atoms. The molecule has 0 spiro atoms. The average Bonchev–Trinajstić information content (AvgIpc) is 3.99. The minimum Gasteiger partial charge on any atom is -0.309 e. The SMILES string of the molecule is c1ccc(-c2cc(-n3c4ccccc4c4cc(-c5ccc6c(c5)c5ccccc5n6-c5ccc6c(c5)c5ncncc5n6-c5ccccc5)ccc43)cc(-c3ccccc3)n2)cc1. The summed E-state index contributed by atoms with van der Waals surface area (Å²) >= 11 is 0. The standard InChI is InChI=1S/C57H36N6/c1-4-14-37(15-5-1)49-33-43(34-50(60-49)38-16-6-2-7-17-38)63-52-23-13-11-21-45(52)47-31-40(25-28-54(47)63)39-24-27-53-46(30-39)44-20-10-12-22-51(44)62(53)42-26-29-55-48(32-42)57-56(35-58-36-59-57)61(55)41-18-8-3-9-19-41/h1-36H. The quantitative estimate of drug-likeness (QED) is 0.168. The van der Waals surface area contributed by atoms with E-state index in [4.69, 9.17) is 9.97 Å². The summed E-state index contributed by atoms with van der Waals surface area (Å²) in [7, 11) is 0. The highest BCUT2D eigenvalue weighted by Crippen LogP contribution is 2.40. The van der Waals surface area contributed by atoms with Crippen molar-refractivity contribution in [2.24, 2.45) is 0 Å². The molecule has 0 aliphatic heterocycles. The van der Waals surface area contributed by atoms with Crippen LogP contribution in [0.3, 0.4) is 0 Å². The topological polar surface area (TPSA) is 53.5 Å². The monoisotopic (exact) mass is 804 g/mol. The zero-order valence-electron chi connectivity index (χ0n) is 34.0. The molecule has 0 radical (unpaired) electrons. The van der Waals surface area contributed by atoms with Gasteiger partial charge in [0.05, 0.1) is 61.9 Å². The second-order valence-electron chi connectivity index (χ2n) is 16.1. The van der Waals surface area contributed by atoms with E-state index in [1.54, 1.807) is 6.33 Å². The van der Waals surface area contributed by atoms with Gasteiger partial charge < -0.3 is 13.7 Å². The van der Waals surface area contributed by atoms with Crippen molar-refractivity contribution in [2.45, 2.75) is 0 Å². The summed E-state index contributed by atoms with van der Waals surface area (Å²) in [6.45, 7) is 0. The van der Waals surface area contributed by atoms with Crippen LogP contribution in [0.15, 0.2) is 219 Å². The molecule has 5 aromatic heterocycles. The molecule has 0 aliphatic carbocycles. The molecular weight excluding hydrogens is 769 g/mol. The highest BCUT2D eigenvalue weighted by atomic mass is 15.0. The van der Waals surface area contributed by atoms with Gasteiger partial charge in [0.1, 0.15) is 6.33 Å². The molecule has 294 valence electrons. The Labute approximate surface area is 362 Å². The van der Waals surface area contributed by atoms with Gasteiger partial charge in [-0.1, -0.05) is 127 Å². The summed E-state index contributed by atoms with van der Waals surface area (Å²) in [5.41, 5.74) is 17.3. The number of fused-ring (bicyclic) bond motifs is 9. The minimum atomic E-state index is 0.933. The first-order chi connectivity index (χ1) is 31.2. The van der Waals surface area contributed by atoms with Crippen LogP contribution in [0, 0.1) is 0 Å². The normalized spacial score (nSPS) is 11.8. The molecule has 0 amide bonds. The van der Waals surface area contributed by atoms with E-state index >= 15 is 0 Å². The lowest BCUT2D eigenvalue weighted by Crippen LogP contribution is -1.98. The third-order valence-corrected chi connectivity index (χ3v) is 12.6. The molecule has 0 fully saturated rings. The highest BCUT2D eigenvalue weighted by Gasteiger charge is 2.20. The van der Waals surface area contributed by atoms with Crippen molar-refractivity contribution in [1.29, 1.82) is 0 Å². The van der Waals surface area contributed by atoms with Gasteiger partial charge in [0, 0.05) is 49.4 Å². The first kappa shape index (κ1) is 35.2.